The lowest BCUT2D eigenvalue weighted by molar-refractivity contribution is -0.133. The third-order valence-corrected chi connectivity index (χ3v) is 6.08. The Labute approximate surface area is 156 Å². The molecular weight excluding hydrogens is 328 g/mol. The van der Waals surface area contributed by atoms with Gasteiger partial charge in [-0.3, -0.25) is 9.69 Å². The van der Waals surface area contributed by atoms with Crippen LogP contribution >= 0.6 is 0 Å². The number of piperidine rings is 1. The maximum absolute atomic E-state index is 12.5. The second kappa shape index (κ2) is 8.51. The Morgan fingerprint density at radius 3 is 2.77 bits per heavy atom. The van der Waals surface area contributed by atoms with Gasteiger partial charge in [0, 0.05) is 32.8 Å². The number of likely N-dealkylation sites (tertiary alicyclic amines) is 1. The van der Waals surface area contributed by atoms with Crippen LogP contribution in [0.25, 0.3) is 0 Å². The normalized spacial score (nSPS) is 30.1. The van der Waals surface area contributed by atoms with E-state index in [1.165, 1.54) is 5.56 Å². The maximum atomic E-state index is 12.5. The monoisotopic (exact) mass is 358 g/mol. The smallest absolute Gasteiger partial charge is 0.249 e. The maximum Gasteiger partial charge on any atom is 0.249 e. The van der Waals surface area contributed by atoms with Gasteiger partial charge in [-0.25, -0.2) is 0 Å². The van der Waals surface area contributed by atoms with Crippen LogP contribution in [0.3, 0.4) is 0 Å². The molecule has 0 aliphatic carbocycles. The molecule has 0 radical (unpaired) electrons. The van der Waals surface area contributed by atoms with E-state index < -0.39 is 0 Å². The van der Waals surface area contributed by atoms with Crippen LogP contribution in [0.1, 0.15) is 31.2 Å². The first kappa shape index (κ1) is 18.0. The molecule has 0 spiro atoms. The fourth-order valence-corrected chi connectivity index (χ4v) is 4.46. The average Bonchev–Trinajstić information content (AvgIpc) is 3.11. The van der Waals surface area contributed by atoms with Gasteiger partial charge in [-0.1, -0.05) is 30.3 Å². The van der Waals surface area contributed by atoms with E-state index in [1.54, 1.807) is 0 Å². The van der Waals surface area contributed by atoms with Crippen molar-refractivity contribution in [3.63, 3.8) is 0 Å². The summed E-state index contributed by atoms with van der Waals surface area (Å²) < 4.78 is 11.5. The van der Waals surface area contributed by atoms with Crippen molar-refractivity contribution in [3.8, 4) is 0 Å². The van der Waals surface area contributed by atoms with Crippen LogP contribution in [-0.2, 0) is 20.8 Å². The highest BCUT2D eigenvalue weighted by molar-refractivity contribution is 5.81. The van der Waals surface area contributed by atoms with Crippen LogP contribution in [0.15, 0.2) is 30.3 Å². The average molecular weight is 358 g/mol. The summed E-state index contributed by atoms with van der Waals surface area (Å²) in [5.74, 6) is 1.17. The van der Waals surface area contributed by atoms with Gasteiger partial charge in [0.1, 0.15) is 6.10 Å². The minimum absolute atomic E-state index is 0.0838. The van der Waals surface area contributed by atoms with Crippen molar-refractivity contribution < 1.29 is 14.3 Å². The Bertz CT molecular complexity index is 588. The fourth-order valence-electron chi connectivity index (χ4n) is 4.46. The number of fused-ring (bicyclic) bond motifs is 1. The first-order valence-corrected chi connectivity index (χ1v) is 10.0. The van der Waals surface area contributed by atoms with E-state index in [0.717, 1.165) is 65.1 Å². The van der Waals surface area contributed by atoms with Crippen molar-refractivity contribution in [2.75, 3.05) is 32.8 Å². The third kappa shape index (κ3) is 4.45. The molecule has 1 N–H and O–H groups in total. The Kier molecular flexibility index (Phi) is 5.88. The van der Waals surface area contributed by atoms with Crippen LogP contribution in [0.5, 0.6) is 0 Å². The molecule has 26 heavy (non-hydrogen) atoms. The standard InChI is InChI=1S/C21H30N2O3/c24-21(22-13-16-7-10-25-11-8-16)19-12-18-6-9-23(15-20(18)26-19)14-17-4-2-1-3-5-17/h1-5,16,18-20H,6-15H2,(H,22,24)/t18-,19+,20+/m1/s1. The molecule has 3 atom stereocenters. The van der Waals surface area contributed by atoms with Gasteiger partial charge in [-0.2, -0.15) is 0 Å². The molecule has 3 fully saturated rings. The summed E-state index contributed by atoms with van der Waals surface area (Å²) in [4.78, 5) is 15.0. The minimum Gasteiger partial charge on any atom is -0.381 e. The van der Waals surface area contributed by atoms with Gasteiger partial charge in [-0.15, -0.1) is 0 Å². The number of carbonyl (C=O) groups is 1. The fraction of sp³-hybridized carbons (Fsp3) is 0.667. The largest absolute Gasteiger partial charge is 0.381 e. The van der Waals surface area contributed by atoms with Crippen molar-refractivity contribution in [2.45, 2.75) is 44.4 Å². The van der Waals surface area contributed by atoms with Crippen molar-refractivity contribution >= 4 is 5.91 Å². The number of ether oxygens (including phenoxy) is 2. The summed E-state index contributed by atoms with van der Waals surface area (Å²) in [7, 11) is 0. The van der Waals surface area contributed by atoms with Crippen LogP contribution in [0.4, 0.5) is 0 Å². The number of amides is 1. The van der Waals surface area contributed by atoms with Crippen molar-refractivity contribution in [2.24, 2.45) is 11.8 Å². The SMILES string of the molecule is O=C(NCC1CCOCC1)[C@@H]1C[C@H]2CCN(Cc3ccccc3)C[C@@H]2O1. The number of benzene rings is 1. The van der Waals surface area contributed by atoms with E-state index >= 15 is 0 Å². The van der Waals surface area contributed by atoms with Crippen LogP contribution < -0.4 is 5.32 Å². The van der Waals surface area contributed by atoms with Gasteiger partial charge < -0.3 is 14.8 Å². The highest BCUT2D eigenvalue weighted by atomic mass is 16.5. The summed E-state index contributed by atoms with van der Waals surface area (Å²) in [6, 6.07) is 10.6. The molecule has 1 amide bonds. The molecular formula is C21H30N2O3. The van der Waals surface area contributed by atoms with E-state index in [9.17, 15) is 4.79 Å². The van der Waals surface area contributed by atoms with Crippen molar-refractivity contribution in [1.82, 2.24) is 10.2 Å². The lowest BCUT2D eigenvalue weighted by Gasteiger charge is -2.34. The number of hydrogen-bond acceptors (Lipinski definition) is 4. The molecule has 3 aliphatic heterocycles. The summed E-state index contributed by atoms with van der Waals surface area (Å²) in [6.45, 7) is 5.40. The molecule has 5 heteroatoms. The predicted octanol–water partition coefficient (Wildman–Crippen LogP) is 2.21. The second-order valence-electron chi connectivity index (χ2n) is 7.97. The first-order valence-electron chi connectivity index (χ1n) is 10.0. The third-order valence-electron chi connectivity index (χ3n) is 6.08. The summed E-state index contributed by atoms with van der Waals surface area (Å²) >= 11 is 0. The Morgan fingerprint density at radius 1 is 1.15 bits per heavy atom. The molecule has 4 rings (SSSR count). The zero-order chi connectivity index (χ0) is 17.8. The van der Waals surface area contributed by atoms with E-state index in [4.69, 9.17) is 9.47 Å². The molecule has 0 unspecified atom stereocenters. The van der Waals surface area contributed by atoms with Gasteiger partial charge in [0.25, 0.3) is 0 Å². The lowest BCUT2D eigenvalue weighted by Crippen LogP contribution is -2.42. The number of hydrogen-bond donors (Lipinski definition) is 1. The van der Waals surface area contributed by atoms with E-state index in [-0.39, 0.29) is 18.1 Å². The number of nitrogens with one attached hydrogen (secondary N) is 1. The van der Waals surface area contributed by atoms with Crippen LogP contribution in [0, 0.1) is 11.8 Å². The molecule has 0 bridgehead atoms. The Balaban J connectivity index is 1.24. The molecule has 0 saturated carbocycles. The molecule has 5 nitrogen and oxygen atoms in total. The predicted molar refractivity (Wildman–Crippen MR) is 99.7 cm³/mol. The molecule has 3 aliphatic rings. The number of carbonyl (C=O) groups excluding carboxylic acids is 1. The topological polar surface area (TPSA) is 50.8 Å². The van der Waals surface area contributed by atoms with E-state index in [0.29, 0.717) is 11.8 Å². The molecule has 3 heterocycles. The molecule has 1 aromatic rings. The first-order chi connectivity index (χ1) is 12.8. The zero-order valence-electron chi connectivity index (χ0n) is 15.4. The van der Waals surface area contributed by atoms with Gasteiger partial charge in [-0.05, 0) is 49.6 Å². The molecule has 0 aromatic heterocycles. The highest BCUT2D eigenvalue weighted by Crippen LogP contribution is 2.33. The molecule has 142 valence electrons. The lowest BCUT2D eigenvalue weighted by atomic mass is 9.91. The molecule has 3 saturated heterocycles. The molecule has 1 aromatic carbocycles. The van der Waals surface area contributed by atoms with Gasteiger partial charge in [0.15, 0.2) is 0 Å². The van der Waals surface area contributed by atoms with Gasteiger partial charge in [0.2, 0.25) is 5.91 Å². The summed E-state index contributed by atoms with van der Waals surface area (Å²) in [5.41, 5.74) is 1.34. The minimum atomic E-state index is -0.262. The summed E-state index contributed by atoms with van der Waals surface area (Å²) in [5, 5.41) is 3.12. The van der Waals surface area contributed by atoms with Gasteiger partial charge in [0.05, 0.1) is 6.10 Å². The summed E-state index contributed by atoms with van der Waals surface area (Å²) in [6.07, 6.45) is 4.04. The van der Waals surface area contributed by atoms with Crippen LogP contribution in [0.2, 0.25) is 0 Å². The second-order valence-corrected chi connectivity index (χ2v) is 7.97. The Morgan fingerprint density at radius 2 is 1.96 bits per heavy atom. The van der Waals surface area contributed by atoms with Crippen molar-refractivity contribution in [3.05, 3.63) is 35.9 Å². The van der Waals surface area contributed by atoms with Crippen LogP contribution in [-0.4, -0.2) is 55.9 Å². The van der Waals surface area contributed by atoms with Crippen molar-refractivity contribution in [1.29, 1.82) is 0 Å². The van der Waals surface area contributed by atoms with Gasteiger partial charge >= 0.3 is 0 Å². The van der Waals surface area contributed by atoms with E-state index in [1.807, 2.05) is 0 Å². The highest BCUT2D eigenvalue weighted by Gasteiger charge is 2.41. The van der Waals surface area contributed by atoms with E-state index in [2.05, 4.69) is 40.5 Å². The number of rotatable bonds is 5. The Hall–Kier alpha value is -1.43. The quantitative estimate of drug-likeness (QED) is 0.877. The zero-order valence-corrected chi connectivity index (χ0v) is 15.4. The number of nitrogens with zero attached hydrogens (tertiary/aromatic N) is 1.